The number of aryl methyl sites for hydroxylation is 4. The van der Waals surface area contributed by atoms with Crippen molar-refractivity contribution in [2.75, 3.05) is 0 Å². The number of esters is 3. The first-order valence-corrected chi connectivity index (χ1v) is 22.9. The van der Waals surface area contributed by atoms with Crippen molar-refractivity contribution >= 4 is 46.8 Å². The molecule has 1 spiro atoms. The molecule has 0 amide bonds. The van der Waals surface area contributed by atoms with Crippen molar-refractivity contribution in [1.82, 2.24) is 0 Å². The highest BCUT2D eigenvalue weighted by Crippen LogP contribution is 2.58. The number of carbonyl (C=O) groups is 6. The van der Waals surface area contributed by atoms with Gasteiger partial charge in [-0.3, -0.25) is 24.0 Å². The molecule has 3 aliphatic heterocycles. The van der Waals surface area contributed by atoms with Gasteiger partial charge < -0.3 is 43.8 Å². The summed E-state index contributed by atoms with van der Waals surface area (Å²) in [4.78, 5) is 78.9. The van der Waals surface area contributed by atoms with Gasteiger partial charge in [0.1, 0.15) is 40.1 Å². The normalized spacial score (nSPS) is 12.2. The SMILES string of the molecule is CC(=O)O.CC(=O)O.CCc1cc2c(-c3ccccc3C(=O)O)c3cc(CC)c(=O)cc-3oc2cc1O.CCc1cc2c(cc1OC(C)=O)Oc1cc(OC(C)=O)c(CC)cc1C21OC(=O)c2ccccc21. The van der Waals surface area contributed by atoms with Gasteiger partial charge in [-0.25, -0.2) is 9.59 Å². The van der Waals surface area contributed by atoms with Crippen LogP contribution in [0.3, 0.4) is 0 Å². The number of hydrogen-bond acceptors (Lipinski definition) is 13. The fraction of sp³-hybridized carbons (Fsp3) is 0.232. The van der Waals surface area contributed by atoms with Crippen LogP contribution in [-0.4, -0.2) is 56.2 Å². The predicted octanol–water partition coefficient (Wildman–Crippen LogP) is 10.5. The van der Waals surface area contributed by atoms with E-state index in [1.54, 1.807) is 54.6 Å². The van der Waals surface area contributed by atoms with Crippen molar-refractivity contribution in [2.24, 2.45) is 0 Å². The van der Waals surface area contributed by atoms with Crippen molar-refractivity contribution in [3.8, 4) is 51.2 Å². The molecule has 0 saturated carbocycles. The van der Waals surface area contributed by atoms with E-state index < -0.39 is 41.4 Å². The summed E-state index contributed by atoms with van der Waals surface area (Å²) in [5, 5.41) is 35.6. The average Bonchev–Trinajstić information content (AvgIpc) is 3.61. The Kier molecular flexibility index (Phi) is 16.0. The van der Waals surface area contributed by atoms with E-state index in [9.17, 15) is 34.2 Å². The van der Waals surface area contributed by atoms with Gasteiger partial charge in [-0.05, 0) is 84.3 Å². The zero-order valence-corrected chi connectivity index (χ0v) is 40.8. The van der Waals surface area contributed by atoms with Crippen LogP contribution < -0.4 is 19.6 Å². The third-order valence-corrected chi connectivity index (χ3v) is 11.6. The highest BCUT2D eigenvalue weighted by atomic mass is 16.6. The molecule has 0 fully saturated rings. The number of phenolic OH excluding ortho intramolecular Hbond substituents is 1. The molecule has 0 atom stereocenters. The fourth-order valence-corrected chi connectivity index (χ4v) is 8.64. The average molecular weight is 981 g/mol. The molecular weight excluding hydrogens is 929 g/mol. The summed E-state index contributed by atoms with van der Waals surface area (Å²) in [6, 6.07) is 27.7. The zero-order chi connectivity index (χ0) is 52.8. The highest BCUT2D eigenvalue weighted by Gasteiger charge is 2.54. The largest absolute Gasteiger partial charge is 0.508 e. The number of hydrogen-bond donors (Lipinski definition) is 4. The molecule has 72 heavy (non-hydrogen) atoms. The van der Waals surface area contributed by atoms with Crippen molar-refractivity contribution in [2.45, 2.75) is 86.7 Å². The predicted molar refractivity (Wildman–Crippen MR) is 265 cm³/mol. The third-order valence-electron chi connectivity index (χ3n) is 11.6. The summed E-state index contributed by atoms with van der Waals surface area (Å²) in [6.07, 6.45) is 2.34. The van der Waals surface area contributed by atoms with Crippen LogP contribution in [-0.2, 0) is 55.2 Å². The first-order valence-electron chi connectivity index (χ1n) is 22.9. The Bertz CT molecular complexity index is 3230. The number of carboxylic acids is 3. The van der Waals surface area contributed by atoms with E-state index in [2.05, 4.69) is 0 Å². The zero-order valence-electron chi connectivity index (χ0n) is 40.8. The summed E-state index contributed by atoms with van der Waals surface area (Å²) in [7, 11) is 0. The second kappa shape index (κ2) is 21.9. The Balaban J connectivity index is 0.000000208. The van der Waals surface area contributed by atoms with Crippen molar-refractivity contribution in [1.29, 1.82) is 0 Å². The van der Waals surface area contributed by atoms with Gasteiger partial charge in [-0.2, -0.15) is 0 Å². The number of rotatable bonds is 8. The van der Waals surface area contributed by atoms with Crippen LogP contribution in [0.4, 0.5) is 0 Å². The van der Waals surface area contributed by atoms with E-state index in [-0.39, 0.29) is 16.7 Å². The minimum Gasteiger partial charge on any atom is -0.508 e. The molecule has 4 aliphatic rings. The number of fused-ring (bicyclic) bond motifs is 8. The summed E-state index contributed by atoms with van der Waals surface area (Å²) >= 11 is 0. The molecule has 0 unspecified atom stereocenters. The minimum absolute atomic E-state index is 0.105. The van der Waals surface area contributed by atoms with Gasteiger partial charge in [-0.1, -0.05) is 64.1 Å². The van der Waals surface area contributed by atoms with Gasteiger partial charge in [0.25, 0.3) is 11.9 Å². The van der Waals surface area contributed by atoms with Crippen molar-refractivity contribution in [3.05, 3.63) is 157 Å². The lowest BCUT2D eigenvalue weighted by Crippen LogP contribution is -2.33. The highest BCUT2D eigenvalue weighted by molar-refractivity contribution is 6.08. The van der Waals surface area contributed by atoms with Crippen LogP contribution in [0.5, 0.6) is 28.7 Å². The van der Waals surface area contributed by atoms with Crippen LogP contribution >= 0.6 is 0 Å². The summed E-state index contributed by atoms with van der Waals surface area (Å²) < 4.78 is 29.4. The van der Waals surface area contributed by atoms with Crippen LogP contribution in [0.1, 0.15) is 115 Å². The van der Waals surface area contributed by atoms with Gasteiger partial charge in [-0.15, -0.1) is 0 Å². The van der Waals surface area contributed by atoms with Crippen LogP contribution in [0.15, 0.2) is 106 Å². The van der Waals surface area contributed by atoms with Gasteiger partial charge >= 0.3 is 23.9 Å². The monoisotopic (exact) mass is 980 g/mol. The second-order valence-electron chi connectivity index (χ2n) is 16.5. The Morgan fingerprint density at radius 2 is 1.07 bits per heavy atom. The smallest absolute Gasteiger partial charge is 0.340 e. The number of phenols is 1. The minimum atomic E-state index is -1.27. The number of ether oxygens (including phenoxy) is 4. The molecule has 3 heterocycles. The topological polar surface area (TPSA) is 250 Å². The molecule has 5 aromatic carbocycles. The Morgan fingerprint density at radius 1 is 0.569 bits per heavy atom. The molecule has 0 saturated heterocycles. The lowest BCUT2D eigenvalue weighted by molar-refractivity contribution is -0.135. The number of aliphatic carboxylic acids is 2. The van der Waals surface area contributed by atoms with Crippen molar-refractivity contribution in [3.63, 3.8) is 0 Å². The summed E-state index contributed by atoms with van der Waals surface area (Å²) in [6.45, 7) is 12.6. The van der Waals surface area contributed by atoms with E-state index in [1.165, 1.54) is 26.0 Å². The molecule has 4 N–H and O–H groups in total. The lowest BCUT2D eigenvalue weighted by Gasteiger charge is -2.37. The number of aromatic carboxylic acids is 1. The molecule has 16 nitrogen and oxygen atoms in total. The van der Waals surface area contributed by atoms with Gasteiger partial charge in [0.2, 0.25) is 0 Å². The fourth-order valence-electron chi connectivity index (χ4n) is 8.64. The van der Waals surface area contributed by atoms with E-state index >= 15 is 0 Å². The van der Waals surface area contributed by atoms with E-state index in [1.807, 2.05) is 58.0 Å². The Morgan fingerprint density at radius 3 is 1.57 bits per heavy atom. The first-order chi connectivity index (χ1) is 34.2. The van der Waals surface area contributed by atoms with E-state index in [0.717, 1.165) is 30.5 Å². The molecule has 1 aliphatic carbocycles. The standard InChI is InChI=1S/C28H24O7.C24H20O5.2C2H4O2/c1-5-17-11-21-25(13-23(17)32-15(3)29)34-26-14-24(33-16(4)30)18(6-2)12-22(26)28(21)20-10-8-7-9-19(20)27(31)35-28;1-3-13-9-17-21(11-19(13)25)29-22-12-20(26)14(4-2)10-18(22)23(17)15-7-5-6-8-16(15)24(27)28;2*1-2(3)4/h7-14H,5-6H2,1-4H3;5-12,25H,3-4H2,1-2H3,(H,27,28);2*1H3,(H,3,4). The molecule has 5 aromatic rings. The molecule has 0 radical (unpaired) electrons. The van der Waals surface area contributed by atoms with Crippen LogP contribution in [0.25, 0.3) is 33.4 Å². The quantitative estimate of drug-likeness (QED) is 0.0628. The molecular formula is C56H52O16. The van der Waals surface area contributed by atoms with Gasteiger partial charge in [0.15, 0.2) is 11.0 Å². The number of aromatic hydroxyl groups is 1. The number of carboxylic acid groups (broad SMARTS) is 3. The maximum absolute atomic E-state index is 13.1. The molecule has 16 heteroatoms. The Hall–Kier alpha value is -8.79. The van der Waals surface area contributed by atoms with Crippen molar-refractivity contribution < 1.29 is 72.6 Å². The molecule has 9 rings (SSSR count). The van der Waals surface area contributed by atoms with Gasteiger partial charge in [0, 0.05) is 90.7 Å². The molecule has 0 aromatic heterocycles. The maximum atomic E-state index is 13.1. The van der Waals surface area contributed by atoms with E-state index in [0.29, 0.717) is 110 Å². The lowest BCUT2D eigenvalue weighted by atomic mass is 9.76. The van der Waals surface area contributed by atoms with E-state index in [4.69, 9.17) is 43.2 Å². The van der Waals surface area contributed by atoms with Crippen LogP contribution in [0, 0.1) is 0 Å². The summed E-state index contributed by atoms with van der Waals surface area (Å²) in [5.41, 5.74) is 6.42. The second-order valence-corrected chi connectivity index (χ2v) is 16.5. The summed E-state index contributed by atoms with van der Waals surface area (Å²) in [5.74, 6) is -2.06. The maximum Gasteiger partial charge on any atom is 0.340 e. The van der Waals surface area contributed by atoms with Gasteiger partial charge in [0.05, 0.1) is 11.1 Å². The number of benzene rings is 6. The number of carbonyl (C=O) groups excluding carboxylic acids is 3. The first kappa shape index (κ1) is 52.6. The molecule has 372 valence electrons. The van der Waals surface area contributed by atoms with Crippen LogP contribution in [0.2, 0.25) is 0 Å². The third kappa shape index (κ3) is 10.7. The molecule has 0 bridgehead atoms. The Labute approximate surface area is 413 Å².